The molecule has 0 aliphatic carbocycles. The van der Waals surface area contributed by atoms with Crippen LogP contribution in [0.15, 0.2) is 212 Å². The predicted octanol–water partition coefficient (Wildman–Crippen LogP) is 8.58. The maximum absolute atomic E-state index is 12.7. The number of rotatable bonds is 5. The van der Waals surface area contributed by atoms with Crippen molar-refractivity contribution in [1.82, 2.24) is 0 Å². The van der Waals surface area contributed by atoms with Crippen LogP contribution in [0.2, 0.25) is 0 Å². The quantitative estimate of drug-likeness (QED) is 0.126. The van der Waals surface area contributed by atoms with Gasteiger partial charge in [0.05, 0.1) is 39.1 Å². The molecule has 53 heavy (non-hydrogen) atoms. The van der Waals surface area contributed by atoms with Gasteiger partial charge in [0.1, 0.15) is 17.1 Å². The SMILES string of the molecule is NC1=C([N+](=O)[O-])C2=CC3=NC(=CC4=NC(=C(c5ccccc5)C5=NC(=C(c6ccccc6)C1=N2)C(c1ccccc1)=C5c1ccccc1)C=C4)C=C3.[Cu]. The van der Waals surface area contributed by atoms with Crippen molar-refractivity contribution in [3.05, 3.63) is 224 Å². The topological polar surface area (TPSA) is 119 Å². The van der Waals surface area contributed by atoms with Gasteiger partial charge in [-0.15, -0.1) is 0 Å². The molecular formula is C44H28CuN6O2. The number of nitrogens with two attached hydrogens (primary N) is 1. The fourth-order valence-electron chi connectivity index (χ4n) is 7.01. The van der Waals surface area contributed by atoms with Crippen molar-refractivity contribution in [2.45, 2.75) is 0 Å². The molecule has 0 saturated heterocycles. The van der Waals surface area contributed by atoms with Crippen LogP contribution in [0.25, 0.3) is 22.3 Å². The van der Waals surface area contributed by atoms with Crippen LogP contribution in [0, 0.1) is 10.1 Å². The molecule has 257 valence electrons. The summed E-state index contributed by atoms with van der Waals surface area (Å²) in [6.07, 6.45) is 11.1. The number of nitro groups is 1. The van der Waals surface area contributed by atoms with Crippen LogP contribution in [0.5, 0.6) is 0 Å². The van der Waals surface area contributed by atoms with Crippen LogP contribution in [0.1, 0.15) is 22.3 Å². The van der Waals surface area contributed by atoms with Crippen molar-refractivity contribution in [1.29, 1.82) is 0 Å². The molecule has 9 heteroatoms. The summed E-state index contributed by atoms with van der Waals surface area (Å²) in [6.45, 7) is 0. The van der Waals surface area contributed by atoms with Crippen molar-refractivity contribution in [2.24, 2.45) is 25.7 Å². The molecule has 0 aromatic heterocycles. The maximum Gasteiger partial charge on any atom is 0.319 e. The second-order valence-electron chi connectivity index (χ2n) is 12.5. The second-order valence-corrected chi connectivity index (χ2v) is 12.5. The summed E-state index contributed by atoms with van der Waals surface area (Å²) < 4.78 is 0. The first-order valence-corrected chi connectivity index (χ1v) is 16.8. The van der Waals surface area contributed by atoms with Gasteiger partial charge in [-0.2, -0.15) is 0 Å². The van der Waals surface area contributed by atoms with E-state index >= 15 is 0 Å². The van der Waals surface area contributed by atoms with Crippen molar-refractivity contribution >= 4 is 45.1 Å². The molecule has 8 nitrogen and oxygen atoms in total. The van der Waals surface area contributed by atoms with Crippen LogP contribution in [0.4, 0.5) is 0 Å². The van der Waals surface area contributed by atoms with Gasteiger partial charge in [0.25, 0.3) is 0 Å². The van der Waals surface area contributed by atoms with Gasteiger partial charge in [0, 0.05) is 39.4 Å². The van der Waals surface area contributed by atoms with E-state index in [1.807, 2.05) is 109 Å². The number of hydrogen-bond donors (Lipinski definition) is 1. The third kappa shape index (κ3) is 5.94. The molecule has 9 rings (SSSR count). The fraction of sp³-hybridized carbons (Fsp3) is 0. The van der Waals surface area contributed by atoms with Crippen LogP contribution >= 0.6 is 0 Å². The Morgan fingerprint density at radius 3 is 1.60 bits per heavy atom. The van der Waals surface area contributed by atoms with Gasteiger partial charge in [-0.05, 0) is 58.7 Å². The number of benzene rings is 4. The zero-order valence-electron chi connectivity index (χ0n) is 27.9. The molecule has 0 spiro atoms. The van der Waals surface area contributed by atoms with E-state index in [2.05, 4.69) is 36.4 Å². The van der Waals surface area contributed by atoms with E-state index in [1.54, 1.807) is 12.2 Å². The van der Waals surface area contributed by atoms with Crippen molar-refractivity contribution in [3.63, 3.8) is 0 Å². The molecule has 4 aromatic carbocycles. The average molecular weight is 736 g/mol. The fourth-order valence-corrected chi connectivity index (χ4v) is 7.01. The first kappa shape index (κ1) is 33.3. The Labute approximate surface area is 316 Å². The molecule has 0 fully saturated rings. The standard InChI is InChI=1S/C44H28N6O2.Cu/c45-40-43-39(30-19-11-4-12-20-30)42-38(29-17-9-3-10-18-29)37(28-15-7-2-8-16-28)41(49-42)36(27-13-5-1-6-14-27)34-24-23-32(47-34)25-31-21-22-33(46-31)26-35(48-43)44(40)50(51)52;/h1-26H,45H2;. The average Bonchev–Trinajstić information content (AvgIpc) is 3.97. The summed E-state index contributed by atoms with van der Waals surface area (Å²) in [4.78, 5) is 32.6. The third-order valence-corrected chi connectivity index (χ3v) is 9.26. The normalized spacial score (nSPS) is 17.4. The van der Waals surface area contributed by atoms with E-state index in [1.165, 1.54) is 0 Å². The minimum atomic E-state index is -0.474. The molecule has 4 aromatic rings. The Kier molecular flexibility index (Phi) is 8.64. The Morgan fingerprint density at radius 2 is 1.02 bits per heavy atom. The van der Waals surface area contributed by atoms with Crippen LogP contribution in [-0.2, 0) is 17.1 Å². The van der Waals surface area contributed by atoms with Crippen LogP contribution in [0.3, 0.4) is 0 Å². The third-order valence-electron chi connectivity index (χ3n) is 9.26. The summed E-state index contributed by atoms with van der Waals surface area (Å²) in [5, 5.41) is 12.7. The van der Waals surface area contributed by atoms with Gasteiger partial charge < -0.3 is 5.73 Å². The van der Waals surface area contributed by atoms with Crippen LogP contribution in [-0.4, -0.2) is 27.8 Å². The number of aliphatic imine (C=N–C) groups is 4. The van der Waals surface area contributed by atoms with E-state index in [0.717, 1.165) is 50.4 Å². The summed E-state index contributed by atoms with van der Waals surface area (Å²) in [7, 11) is 0. The molecule has 8 bridgehead atoms. The molecule has 1 radical (unpaired) electrons. The largest absolute Gasteiger partial charge is 0.391 e. The van der Waals surface area contributed by atoms with E-state index in [-0.39, 0.29) is 39.9 Å². The van der Waals surface area contributed by atoms with Gasteiger partial charge >= 0.3 is 5.70 Å². The molecule has 2 N–H and O–H groups in total. The Morgan fingerprint density at radius 1 is 0.509 bits per heavy atom. The van der Waals surface area contributed by atoms with Crippen molar-refractivity contribution in [3.8, 4) is 0 Å². The van der Waals surface area contributed by atoms with Gasteiger partial charge in [0.2, 0.25) is 0 Å². The Bertz CT molecular complexity index is 2600. The van der Waals surface area contributed by atoms with Gasteiger partial charge in [-0.1, -0.05) is 121 Å². The molecular weight excluding hydrogens is 708 g/mol. The van der Waals surface area contributed by atoms with E-state index in [9.17, 15) is 10.1 Å². The number of nitrogens with zero attached hydrogens (tertiary/aromatic N) is 5. The summed E-state index contributed by atoms with van der Waals surface area (Å²) in [5.74, 6) is 0. The molecule has 0 unspecified atom stereocenters. The predicted molar refractivity (Wildman–Crippen MR) is 209 cm³/mol. The minimum Gasteiger partial charge on any atom is -0.391 e. The molecule has 0 saturated carbocycles. The van der Waals surface area contributed by atoms with Crippen molar-refractivity contribution < 1.29 is 22.0 Å². The van der Waals surface area contributed by atoms with E-state index < -0.39 is 4.92 Å². The van der Waals surface area contributed by atoms with Gasteiger partial charge in [-0.25, -0.2) is 20.0 Å². The van der Waals surface area contributed by atoms with Gasteiger partial charge in [-0.3, -0.25) is 10.1 Å². The minimum absolute atomic E-state index is 0. The monoisotopic (exact) mass is 735 g/mol. The van der Waals surface area contributed by atoms with Crippen LogP contribution < -0.4 is 5.73 Å². The number of hydrogen-bond acceptors (Lipinski definition) is 7. The second kappa shape index (κ2) is 13.7. The van der Waals surface area contributed by atoms with E-state index in [0.29, 0.717) is 28.4 Å². The Hall–Kier alpha value is -6.80. The number of allylic oxidation sites excluding steroid dienone is 10. The smallest absolute Gasteiger partial charge is 0.319 e. The van der Waals surface area contributed by atoms with Crippen molar-refractivity contribution in [2.75, 3.05) is 0 Å². The number of fused-ring (bicyclic) bond motifs is 4. The Balaban J connectivity index is 0.00000400. The van der Waals surface area contributed by atoms with Gasteiger partial charge in [0.15, 0.2) is 0 Å². The summed E-state index contributed by atoms with van der Waals surface area (Å²) in [6, 6.07) is 40.0. The zero-order chi connectivity index (χ0) is 35.2. The van der Waals surface area contributed by atoms with E-state index in [4.69, 9.17) is 25.7 Å². The molecule has 5 aliphatic heterocycles. The summed E-state index contributed by atoms with van der Waals surface area (Å²) in [5.41, 5.74) is 17.5. The zero-order valence-corrected chi connectivity index (χ0v) is 28.9. The first-order valence-electron chi connectivity index (χ1n) is 16.8. The molecule has 0 amide bonds. The molecule has 0 atom stereocenters. The maximum atomic E-state index is 12.7. The molecule has 5 aliphatic rings. The molecule has 5 heterocycles. The summed E-state index contributed by atoms with van der Waals surface area (Å²) >= 11 is 0. The first-order chi connectivity index (χ1) is 25.5.